The smallest absolute Gasteiger partial charge is 0.119 e. The summed E-state index contributed by atoms with van der Waals surface area (Å²) in [5.41, 5.74) is 3.55. The number of aliphatic hydroxyl groups is 1. The molecule has 1 aromatic heterocycles. The van der Waals surface area contributed by atoms with Crippen LogP contribution in [-0.4, -0.2) is 52.5 Å². The average Bonchev–Trinajstić information content (AvgIpc) is 3.07. The summed E-state index contributed by atoms with van der Waals surface area (Å²) in [6.07, 6.45) is 3.65. The lowest BCUT2D eigenvalue weighted by atomic mass is 9.95. The standard InChI is InChI=1S/C19H27N3O2/c1-14-8-15(2)10-18(9-14)24-13-17(23)12-22-7-3-4-16(11-22)19-5-6-20-21-19/h5-6,8-10,16-17,23H,3-4,7,11-13H2,1-2H3,(H,20,21)/t16-,17-/m0/s1. The Hall–Kier alpha value is -1.85. The number of piperidine rings is 1. The van der Waals surface area contributed by atoms with E-state index in [9.17, 15) is 5.11 Å². The van der Waals surface area contributed by atoms with E-state index in [2.05, 4.69) is 35.0 Å². The number of aromatic nitrogens is 2. The van der Waals surface area contributed by atoms with Crippen LogP contribution >= 0.6 is 0 Å². The van der Waals surface area contributed by atoms with Gasteiger partial charge in [-0.1, -0.05) is 6.07 Å². The second kappa shape index (κ2) is 7.81. The van der Waals surface area contributed by atoms with Gasteiger partial charge in [0.1, 0.15) is 18.5 Å². The Balaban J connectivity index is 1.48. The van der Waals surface area contributed by atoms with Gasteiger partial charge in [-0.2, -0.15) is 5.10 Å². The number of β-amino-alcohol motifs (C(OH)–C–C–N with tert-alkyl or cyclic N) is 1. The molecule has 3 rings (SSSR count). The Morgan fingerprint density at radius 2 is 2.12 bits per heavy atom. The molecule has 0 bridgehead atoms. The van der Waals surface area contributed by atoms with Crippen molar-refractivity contribution in [1.29, 1.82) is 0 Å². The molecule has 0 saturated carbocycles. The van der Waals surface area contributed by atoms with Crippen LogP contribution in [0.1, 0.15) is 35.6 Å². The van der Waals surface area contributed by atoms with Crippen LogP contribution in [-0.2, 0) is 0 Å². The fourth-order valence-electron chi connectivity index (χ4n) is 3.53. The highest BCUT2D eigenvalue weighted by molar-refractivity contribution is 5.33. The number of H-pyrrole nitrogens is 1. The van der Waals surface area contributed by atoms with Crippen LogP contribution < -0.4 is 4.74 Å². The molecule has 2 atom stereocenters. The van der Waals surface area contributed by atoms with Crippen molar-refractivity contribution >= 4 is 0 Å². The van der Waals surface area contributed by atoms with Crippen molar-refractivity contribution < 1.29 is 9.84 Å². The second-order valence-corrected chi connectivity index (χ2v) is 6.90. The first-order chi connectivity index (χ1) is 11.6. The molecule has 1 aromatic carbocycles. The Kier molecular flexibility index (Phi) is 5.53. The average molecular weight is 329 g/mol. The van der Waals surface area contributed by atoms with Gasteiger partial charge in [-0.05, 0) is 62.6 Å². The summed E-state index contributed by atoms with van der Waals surface area (Å²) >= 11 is 0. The van der Waals surface area contributed by atoms with E-state index in [1.807, 2.05) is 18.2 Å². The Bertz CT molecular complexity index is 622. The number of hydrogen-bond donors (Lipinski definition) is 2. The minimum Gasteiger partial charge on any atom is -0.491 e. The van der Waals surface area contributed by atoms with Crippen LogP contribution in [0, 0.1) is 13.8 Å². The van der Waals surface area contributed by atoms with E-state index < -0.39 is 6.10 Å². The van der Waals surface area contributed by atoms with Gasteiger partial charge in [-0.3, -0.25) is 10.00 Å². The van der Waals surface area contributed by atoms with Crippen molar-refractivity contribution in [3.63, 3.8) is 0 Å². The number of aromatic amines is 1. The highest BCUT2D eigenvalue weighted by atomic mass is 16.5. The fraction of sp³-hybridized carbons (Fsp3) is 0.526. The zero-order chi connectivity index (χ0) is 16.9. The fourth-order valence-corrected chi connectivity index (χ4v) is 3.53. The maximum Gasteiger partial charge on any atom is 0.119 e. The molecule has 0 aliphatic carbocycles. The minimum absolute atomic E-state index is 0.327. The lowest BCUT2D eigenvalue weighted by Crippen LogP contribution is -2.41. The van der Waals surface area contributed by atoms with Crippen LogP contribution in [0.25, 0.3) is 0 Å². The summed E-state index contributed by atoms with van der Waals surface area (Å²) in [5, 5.41) is 17.5. The topological polar surface area (TPSA) is 61.4 Å². The summed E-state index contributed by atoms with van der Waals surface area (Å²) in [6.45, 7) is 7.08. The first-order valence-electron chi connectivity index (χ1n) is 8.71. The summed E-state index contributed by atoms with van der Waals surface area (Å²) in [6, 6.07) is 8.18. The molecule has 0 radical (unpaired) electrons. The molecule has 1 saturated heterocycles. The highest BCUT2D eigenvalue weighted by Gasteiger charge is 2.23. The van der Waals surface area contributed by atoms with E-state index in [1.54, 1.807) is 6.20 Å². The lowest BCUT2D eigenvalue weighted by Gasteiger charge is -2.33. The van der Waals surface area contributed by atoms with Gasteiger partial charge < -0.3 is 9.84 Å². The van der Waals surface area contributed by atoms with Crippen LogP contribution in [0.2, 0.25) is 0 Å². The Morgan fingerprint density at radius 3 is 2.83 bits per heavy atom. The first kappa shape index (κ1) is 17.0. The highest BCUT2D eigenvalue weighted by Crippen LogP contribution is 2.25. The van der Waals surface area contributed by atoms with Gasteiger partial charge >= 0.3 is 0 Å². The van der Waals surface area contributed by atoms with Crippen LogP contribution in [0.15, 0.2) is 30.5 Å². The third kappa shape index (κ3) is 4.58. The zero-order valence-electron chi connectivity index (χ0n) is 14.5. The van der Waals surface area contributed by atoms with Crippen LogP contribution in [0.4, 0.5) is 0 Å². The van der Waals surface area contributed by atoms with E-state index in [0.29, 0.717) is 19.1 Å². The number of nitrogens with zero attached hydrogens (tertiary/aromatic N) is 2. The number of aliphatic hydroxyl groups excluding tert-OH is 1. The molecular formula is C19H27N3O2. The second-order valence-electron chi connectivity index (χ2n) is 6.90. The van der Waals surface area contributed by atoms with E-state index in [4.69, 9.17) is 4.74 Å². The SMILES string of the molecule is Cc1cc(C)cc(OC[C@@H](O)CN2CCC[C@H](c3ccn[nH]3)C2)c1. The molecule has 5 nitrogen and oxygen atoms in total. The summed E-state index contributed by atoms with van der Waals surface area (Å²) < 4.78 is 5.78. The molecule has 2 aromatic rings. The van der Waals surface area contributed by atoms with Gasteiger partial charge in [-0.25, -0.2) is 0 Å². The molecule has 2 heterocycles. The third-order valence-corrected chi connectivity index (χ3v) is 4.57. The molecule has 0 spiro atoms. The van der Waals surface area contributed by atoms with Gasteiger partial charge in [0.2, 0.25) is 0 Å². The van der Waals surface area contributed by atoms with Gasteiger partial charge in [0.15, 0.2) is 0 Å². The number of aryl methyl sites for hydroxylation is 2. The minimum atomic E-state index is -0.480. The van der Waals surface area contributed by atoms with E-state index in [0.717, 1.165) is 25.3 Å². The van der Waals surface area contributed by atoms with E-state index in [1.165, 1.54) is 23.2 Å². The number of likely N-dealkylation sites (tertiary alicyclic amines) is 1. The van der Waals surface area contributed by atoms with Crippen LogP contribution in [0.3, 0.4) is 0 Å². The normalized spacial score (nSPS) is 20.0. The van der Waals surface area contributed by atoms with E-state index in [-0.39, 0.29) is 0 Å². The predicted octanol–water partition coefficient (Wildman–Crippen LogP) is 2.65. The van der Waals surface area contributed by atoms with Crippen molar-refractivity contribution in [2.45, 2.75) is 38.7 Å². The van der Waals surface area contributed by atoms with Crippen molar-refractivity contribution in [1.82, 2.24) is 15.1 Å². The number of ether oxygens (including phenoxy) is 1. The number of nitrogens with one attached hydrogen (secondary N) is 1. The molecule has 24 heavy (non-hydrogen) atoms. The van der Waals surface area contributed by atoms with Crippen molar-refractivity contribution in [3.8, 4) is 5.75 Å². The molecule has 1 aliphatic heterocycles. The lowest BCUT2D eigenvalue weighted by molar-refractivity contribution is 0.0580. The summed E-state index contributed by atoms with van der Waals surface area (Å²) in [5.74, 6) is 1.31. The number of rotatable bonds is 6. The van der Waals surface area contributed by atoms with Gasteiger partial charge in [-0.15, -0.1) is 0 Å². The largest absolute Gasteiger partial charge is 0.491 e. The molecule has 130 valence electrons. The van der Waals surface area contributed by atoms with Gasteiger partial charge in [0.25, 0.3) is 0 Å². The first-order valence-corrected chi connectivity index (χ1v) is 8.71. The molecule has 2 N–H and O–H groups in total. The van der Waals surface area contributed by atoms with Crippen molar-refractivity contribution in [2.75, 3.05) is 26.2 Å². The van der Waals surface area contributed by atoms with E-state index >= 15 is 0 Å². The maximum absolute atomic E-state index is 10.3. The Morgan fingerprint density at radius 1 is 1.33 bits per heavy atom. The third-order valence-electron chi connectivity index (χ3n) is 4.57. The van der Waals surface area contributed by atoms with Crippen molar-refractivity contribution in [2.24, 2.45) is 0 Å². The predicted molar refractivity (Wildman–Crippen MR) is 94.4 cm³/mol. The maximum atomic E-state index is 10.3. The summed E-state index contributed by atoms with van der Waals surface area (Å²) in [4.78, 5) is 2.32. The molecule has 5 heteroatoms. The molecular weight excluding hydrogens is 302 g/mol. The number of benzene rings is 1. The van der Waals surface area contributed by atoms with Crippen molar-refractivity contribution in [3.05, 3.63) is 47.3 Å². The Labute approximate surface area is 143 Å². The molecule has 0 amide bonds. The number of hydrogen-bond acceptors (Lipinski definition) is 4. The van der Waals surface area contributed by atoms with Gasteiger partial charge in [0.05, 0.1) is 0 Å². The quantitative estimate of drug-likeness (QED) is 0.855. The zero-order valence-corrected chi connectivity index (χ0v) is 14.5. The summed E-state index contributed by atoms with van der Waals surface area (Å²) in [7, 11) is 0. The molecule has 0 unspecified atom stereocenters. The monoisotopic (exact) mass is 329 g/mol. The molecule has 1 fully saturated rings. The van der Waals surface area contributed by atoms with Crippen LogP contribution in [0.5, 0.6) is 5.75 Å². The van der Waals surface area contributed by atoms with Gasteiger partial charge in [0, 0.05) is 30.9 Å². The molecule has 1 aliphatic rings.